The highest BCUT2D eigenvalue weighted by Crippen LogP contribution is 2.07. The predicted octanol–water partition coefficient (Wildman–Crippen LogP) is 1.23. The number of hydrogen-bond acceptors (Lipinski definition) is 4. The van der Waals surface area contributed by atoms with Gasteiger partial charge >= 0.3 is 0 Å². The summed E-state index contributed by atoms with van der Waals surface area (Å²) in [5.74, 6) is -0.0138. The van der Waals surface area contributed by atoms with Gasteiger partial charge in [0.2, 0.25) is 0 Å². The minimum absolute atomic E-state index is 0.0138. The van der Waals surface area contributed by atoms with Gasteiger partial charge in [0.05, 0.1) is 0 Å². The van der Waals surface area contributed by atoms with Crippen molar-refractivity contribution < 1.29 is 4.79 Å². The van der Waals surface area contributed by atoms with Crippen LogP contribution in [0.15, 0.2) is 24.7 Å². The largest absolute Gasteiger partial charge is 0.294 e. The number of aromatic nitrogens is 3. The van der Waals surface area contributed by atoms with E-state index < -0.39 is 0 Å². The number of rotatable bonds is 1. The van der Waals surface area contributed by atoms with Crippen LogP contribution in [0.2, 0.25) is 0 Å². The van der Waals surface area contributed by atoms with E-state index in [-0.39, 0.29) is 5.78 Å². The van der Waals surface area contributed by atoms with Crippen LogP contribution < -0.4 is 0 Å². The third kappa shape index (κ3) is 1.38. The lowest BCUT2D eigenvalue weighted by atomic mass is 10.2. The lowest BCUT2D eigenvalue weighted by molar-refractivity contribution is 0.101. The Morgan fingerprint density at radius 1 is 1.23 bits per heavy atom. The minimum Gasteiger partial charge on any atom is -0.294 e. The molecule has 4 heteroatoms. The molecular weight excluding hydrogens is 166 g/mol. The van der Waals surface area contributed by atoms with E-state index in [0.29, 0.717) is 16.7 Å². The van der Waals surface area contributed by atoms with Gasteiger partial charge in [-0.25, -0.2) is 9.97 Å². The van der Waals surface area contributed by atoms with Crippen molar-refractivity contribution in [3.8, 4) is 0 Å². The smallest absolute Gasteiger partial charge is 0.178 e. The molecule has 0 aliphatic carbocycles. The number of nitrogens with zero attached hydrogens (tertiary/aromatic N) is 3. The van der Waals surface area contributed by atoms with Crippen molar-refractivity contribution in [2.75, 3.05) is 0 Å². The Labute approximate surface area is 74.7 Å². The summed E-state index contributed by atoms with van der Waals surface area (Å²) in [5, 5.41) is 0. The summed E-state index contributed by atoms with van der Waals surface area (Å²) in [4.78, 5) is 23.1. The molecule has 0 saturated heterocycles. The topological polar surface area (TPSA) is 55.7 Å². The predicted molar refractivity (Wildman–Crippen MR) is 47.3 cm³/mol. The summed E-state index contributed by atoms with van der Waals surface area (Å²) in [6, 6.07) is 1.69. The summed E-state index contributed by atoms with van der Waals surface area (Å²) in [7, 11) is 0. The molecule has 0 saturated carbocycles. The van der Waals surface area contributed by atoms with Crippen LogP contribution in [0.1, 0.15) is 17.3 Å². The molecule has 0 bridgehead atoms. The lowest BCUT2D eigenvalue weighted by Crippen LogP contribution is -1.95. The van der Waals surface area contributed by atoms with Crippen LogP contribution in [0.4, 0.5) is 0 Å². The molecule has 4 nitrogen and oxygen atoms in total. The second-order valence-electron chi connectivity index (χ2n) is 2.68. The molecule has 64 valence electrons. The Hall–Kier alpha value is -1.84. The third-order valence-corrected chi connectivity index (χ3v) is 1.73. The van der Waals surface area contributed by atoms with Crippen molar-refractivity contribution in [3.63, 3.8) is 0 Å². The zero-order chi connectivity index (χ0) is 9.26. The molecule has 0 amide bonds. The molecule has 0 spiro atoms. The second kappa shape index (κ2) is 2.90. The van der Waals surface area contributed by atoms with E-state index in [4.69, 9.17) is 0 Å². The number of fused-ring (bicyclic) bond motifs is 1. The molecule has 0 fully saturated rings. The van der Waals surface area contributed by atoms with Crippen LogP contribution in [-0.2, 0) is 0 Å². The second-order valence-corrected chi connectivity index (χ2v) is 2.68. The van der Waals surface area contributed by atoms with Crippen molar-refractivity contribution in [1.82, 2.24) is 15.0 Å². The maximum atomic E-state index is 11.0. The van der Waals surface area contributed by atoms with E-state index >= 15 is 0 Å². The first-order chi connectivity index (χ1) is 6.27. The first-order valence-electron chi connectivity index (χ1n) is 3.85. The molecule has 0 unspecified atom stereocenters. The van der Waals surface area contributed by atoms with Crippen LogP contribution in [0, 0.1) is 0 Å². The monoisotopic (exact) mass is 173 g/mol. The first-order valence-corrected chi connectivity index (χ1v) is 3.85. The molecule has 2 heterocycles. The van der Waals surface area contributed by atoms with Crippen LogP contribution in [0.25, 0.3) is 11.2 Å². The minimum atomic E-state index is -0.0138. The van der Waals surface area contributed by atoms with E-state index in [9.17, 15) is 4.79 Å². The molecular formula is C9H7N3O. The molecule has 2 aromatic heterocycles. The average Bonchev–Trinajstić information content (AvgIpc) is 2.17. The van der Waals surface area contributed by atoms with Gasteiger partial charge in [-0.15, -0.1) is 0 Å². The van der Waals surface area contributed by atoms with Gasteiger partial charge in [0.15, 0.2) is 11.4 Å². The Morgan fingerprint density at radius 2 is 2.00 bits per heavy atom. The number of carbonyl (C=O) groups excluding carboxylic acids is 1. The fourth-order valence-electron chi connectivity index (χ4n) is 1.05. The molecule has 0 radical (unpaired) electrons. The van der Waals surface area contributed by atoms with E-state index in [1.807, 2.05) is 0 Å². The number of Topliss-reactive ketones (excluding diaryl/α,β-unsaturated/α-hetero) is 1. The maximum absolute atomic E-state index is 11.0. The number of ketones is 1. The molecule has 2 aromatic rings. The highest BCUT2D eigenvalue weighted by molar-refractivity contribution is 5.95. The van der Waals surface area contributed by atoms with Crippen molar-refractivity contribution in [3.05, 3.63) is 30.2 Å². The fraction of sp³-hybridized carbons (Fsp3) is 0.111. The zero-order valence-corrected chi connectivity index (χ0v) is 7.06. The fourth-order valence-corrected chi connectivity index (χ4v) is 1.05. The van der Waals surface area contributed by atoms with Gasteiger partial charge in [-0.05, 0) is 13.0 Å². The van der Waals surface area contributed by atoms with Crippen LogP contribution in [-0.4, -0.2) is 20.7 Å². The summed E-state index contributed by atoms with van der Waals surface area (Å²) in [6.45, 7) is 1.50. The highest BCUT2D eigenvalue weighted by atomic mass is 16.1. The number of hydrogen-bond donors (Lipinski definition) is 0. The first kappa shape index (κ1) is 7.79. The van der Waals surface area contributed by atoms with Gasteiger partial charge in [0.1, 0.15) is 5.52 Å². The highest BCUT2D eigenvalue weighted by Gasteiger charge is 2.02. The normalized spacial score (nSPS) is 10.2. The summed E-state index contributed by atoms with van der Waals surface area (Å²) in [6.07, 6.45) is 4.66. The van der Waals surface area contributed by atoms with Crippen molar-refractivity contribution in [1.29, 1.82) is 0 Å². The van der Waals surface area contributed by atoms with Crippen LogP contribution in [0.3, 0.4) is 0 Å². The van der Waals surface area contributed by atoms with Gasteiger partial charge in [0, 0.05) is 24.2 Å². The zero-order valence-electron chi connectivity index (χ0n) is 7.06. The Bertz CT molecular complexity index is 467. The number of carbonyl (C=O) groups is 1. The van der Waals surface area contributed by atoms with Gasteiger partial charge < -0.3 is 0 Å². The molecule has 0 aromatic carbocycles. The van der Waals surface area contributed by atoms with Crippen molar-refractivity contribution >= 4 is 16.9 Å². The van der Waals surface area contributed by atoms with E-state index in [1.54, 1.807) is 18.5 Å². The summed E-state index contributed by atoms with van der Waals surface area (Å²) < 4.78 is 0. The average molecular weight is 173 g/mol. The van der Waals surface area contributed by atoms with Gasteiger partial charge in [-0.1, -0.05) is 0 Å². The van der Waals surface area contributed by atoms with E-state index in [0.717, 1.165) is 0 Å². The molecule has 13 heavy (non-hydrogen) atoms. The van der Waals surface area contributed by atoms with E-state index in [2.05, 4.69) is 15.0 Å². The van der Waals surface area contributed by atoms with Crippen molar-refractivity contribution in [2.24, 2.45) is 0 Å². The SMILES string of the molecule is CC(=O)c1cnc2nccnc2c1. The third-order valence-electron chi connectivity index (χ3n) is 1.73. The quantitative estimate of drug-likeness (QED) is 0.608. The Kier molecular flexibility index (Phi) is 1.73. The van der Waals surface area contributed by atoms with Gasteiger partial charge in [-0.2, -0.15) is 0 Å². The summed E-state index contributed by atoms with van der Waals surface area (Å²) >= 11 is 0. The van der Waals surface area contributed by atoms with Gasteiger partial charge in [-0.3, -0.25) is 9.78 Å². The molecule has 0 aliphatic rings. The number of pyridine rings is 1. The molecule has 2 rings (SSSR count). The van der Waals surface area contributed by atoms with Gasteiger partial charge in [0.25, 0.3) is 0 Å². The molecule has 0 atom stereocenters. The van der Waals surface area contributed by atoms with E-state index in [1.165, 1.54) is 13.1 Å². The summed E-state index contributed by atoms with van der Waals surface area (Å²) in [5.41, 5.74) is 1.77. The maximum Gasteiger partial charge on any atom is 0.178 e. The standard InChI is InChI=1S/C9H7N3O/c1-6(13)7-4-8-9(12-5-7)11-3-2-10-8/h2-5H,1H3. The Morgan fingerprint density at radius 3 is 2.77 bits per heavy atom. The lowest BCUT2D eigenvalue weighted by Gasteiger charge is -1.96. The van der Waals surface area contributed by atoms with Crippen LogP contribution >= 0.6 is 0 Å². The molecule has 0 aliphatic heterocycles. The Balaban J connectivity index is 2.69. The molecule has 0 N–H and O–H groups in total. The van der Waals surface area contributed by atoms with Crippen molar-refractivity contribution in [2.45, 2.75) is 6.92 Å². The van der Waals surface area contributed by atoms with Crippen LogP contribution in [0.5, 0.6) is 0 Å².